The Kier molecular flexibility index (Phi) is 3.53. The second-order valence-corrected chi connectivity index (χ2v) is 4.25. The third kappa shape index (κ3) is 2.81. The predicted molar refractivity (Wildman–Crippen MR) is 70.0 cm³/mol. The lowest BCUT2D eigenvalue weighted by Crippen LogP contribution is -2.01. The number of rotatable bonds is 2. The lowest BCUT2D eigenvalue weighted by atomic mass is 10.2. The van der Waals surface area contributed by atoms with E-state index in [9.17, 15) is 4.79 Å². The van der Waals surface area contributed by atoms with Gasteiger partial charge in [0, 0.05) is 24.5 Å². The van der Waals surface area contributed by atoms with Crippen molar-refractivity contribution >= 4 is 23.0 Å². The van der Waals surface area contributed by atoms with Crippen LogP contribution in [0.5, 0.6) is 0 Å². The number of aromatic nitrogens is 2. The molecule has 2 rings (SSSR count). The van der Waals surface area contributed by atoms with Crippen LogP contribution < -0.4 is 5.56 Å². The van der Waals surface area contributed by atoms with E-state index in [0.717, 1.165) is 11.1 Å². The topological polar surface area (TPSA) is 70.5 Å². The minimum atomic E-state index is -0.209. The van der Waals surface area contributed by atoms with Crippen LogP contribution in [0.1, 0.15) is 11.1 Å². The number of H-pyrrole nitrogens is 1. The van der Waals surface area contributed by atoms with Crippen molar-refractivity contribution in [2.24, 2.45) is 10.2 Å². The number of aryl methyl sites for hydroxylation is 2. The molecule has 0 unspecified atom stereocenters. The molecular formula is C12H11ClN4O. The molecule has 0 aromatic carbocycles. The number of aromatic amines is 1. The van der Waals surface area contributed by atoms with Crippen LogP contribution in [0.15, 0.2) is 39.5 Å². The average molecular weight is 263 g/mol. The number of nitrogens with zero attached hydrogens (tertiary/aromatic N) is 3. The quantitative estimate of drug-likeness (QED) is 0.665. The van der Waals surface area contributed by atoms with Gasteiger partial charge in [-0.1, -0.05) is 11.6 Å². The normalized spacial score (nSPS) is 11.1. The van der Waals surface area contributed by atoms with E-state index in [1.165, 1.54) is 6.07 Å². The van der Waals surface area contributed by atoms with Gasteiger partial charge in [0.15, 0.2) is 0 Å². The fourth-order valence-corrected chi connectivity index (χ4v) is 1.50. The molecule has 0 saturated carbocycles. The van der Waals surface area contributed by atoms with Crippen molar-refractivity contribution in [3.63, 3.8) is 0 Å². The second-order valence-electron chi connectivity index (χ2n) is 3.86. The first kappa shape index (κ1) is 12.4. The van der Waals surface area contributed by atoms with Crippen molar-refractivity contribution in [2.45, 2.75) is 13.8 Å². The van der Waals surface area contributed by atoms with Gasteiger partial charge in [-0.05, 0) is 25.0 Å². The Morgan fingerprint density at radius 1 is 1.17 bits per heavy atom. The van der Waals surface area contributed by atoms with Crippen molar-refractivity contribution in [2.75, 3.05) is 0 Å². The monoisotopic (exact) mass is 262 g/mol. The number of azo groups is 1. The molecule has 0 aliphatic carbocycles. The summed E-state index contributed by atoms with van der Waals surface area (Å²) in [5, 5.41) is 8.50. The Morgan fingerprint density at radius 2 is 1.83 bits per heavy atom. The molecular weight excluding hydrogens is 252 g/mol. The van der Waals surface area contributed by atoms with Crippen LogP contribution in [0.25, 0.3) is 0 Å². The van der Waals surface area contributed by atoms with E-state index >= 15 is 0 Å². The molecule has 0 saturated heterocycles. The Bertz CT molecular complexity index is 663. The maximum absolute atomic E-state index is 11.2. The highest BCUT2D eigenvalue weighted by atomic mass is 35.5. The third-order valence-corrected chi connectivity index (χ3v) is 2.62. The molecule has 0 aliphatic heterocycles. The summed E-state index contributed by atoms with van der Waals surface area (Å²) in [7, 11) is 0. The summed E-state index contributed by atoms with van der Waals surface area (Å²) < 4.78 is 0. The van der Waals surface area contributed by atoms with Crippen LogP contribution >= 0.6 is 11.6 Å². The maximum Gasteiger partial charge on any atom is 0.250 e. The van der Waals surface area contributed by atoms with Gasteiger partial charge in [0.05, 0.1) is 11.4 Å². The SMILES string of the molecule is Cc1cnc(Cl)cc1N=Nc1cc(=O)[nH]cc1C. The first-order chi connectivity index (χ1) is 8.56. The van der Waals surface area contributed by atoms with Crippen LogP contribution in [-0.2, 0) is 0 Å². The molecule has 2 heterocycles. The summed E-state index contributed by atoms with van der Waals surface area (Å²) in [5.41, 5.74) is 2.67. The molecule has 0 atom stereocenters. The highest BCUT2D eigenvalue weighted by Gasteiger charge is 2.01. The number of pyridine rings is 2. The fraction of sp³-hybridized carbons (Fsp3) is 0.167. The number of hydrogen-bond acceptors (Lipinski definition) is 4. The van der Waals surface area contributed by atoms with E-state index < -0.39 is 0 Å². The summed E-state index contributed by atoms with van der Waals surface area (Å²) in [5.74, 6) is 0. The number of nitrogens with one attached hydrogen (secondary N) is 1. The van der Waals surface area contributed by atoms with Crippen LogP contribution in [0, 0.1) is 13.8 Å². The molecule has 2 aromatic heterocycles. The summed E-state index contributed by atoms with van der Waals surface area (Å²) in [6.45, 7) is 3.71. The van der Waals surface area contributed by atoms with E-state index in [4.69, 9.17) is 11.6 Å². The van der Waals surface area contributed by atoms with Gasteiger partial charge in [0.1, 0.15) is 5.15 Å². The van der Waals surface area contributed by atoms with E-state index in [1.54, 1.807) is 18.5 Å². The van der Waals surface area contributed by atoms with Crippen molar-refractivity contribution in [3.8, 4) is 0 Å². The molecule has 5 nitrogen and oxygen atoms in total. The molecule has 0 aliphatic rings. The molecule has 1 N–H and O–H groups in total. The van der Waals surface area contributed by atoms with E-state index in [0.29, 0.717) is 16.5 Å². The van der Waals surface area contributed by atoms with E-state index in [-0.39, 0.29) is 5.56 Å². The first-order valence-electron chi connectivity index (χ1n) is 5.29. The van der Waals surface area contributed by atoms with Crippen LogP contribution in [0.2, 0.25) is 5.15 Å². The molecule has 92 valence electrons. The summed E-state index contributed by atoms with van der Waals surface area (Å²) >= 11 is 5.79. The number of halogens is 1. The lowest BCUT2D eigenvalue weighted by molar-refractivity contribution is 1.13. The first-order valence-corrected chi connectivity index (χ1v) is 5.67. The fourth-order valence-electron chi connectivity index (χ4n) is 1.34. The van der Waals surface area contributed by atoms with Gasteiger partial charge >= 0.3 is 0 Å². The smallest absolute Gasteiger partial charge is 0.250 e. The van der Waals surface area contributed by atoms with Gasteiger partial charge in [-0.3, -0.25) is 4.79 Å². The zero-order valence-corrected chi connectivity index (χ0v) is 10.7. The molecule has 0 radical (unpaired) electrons. The maximum atomic E-state index is 11.2. The Hall–Kier alpha value is -2.01. The molecule has 2 aromatic rings. The molecule has 6 heteroatoms. The van der Waals surface area contributed by atoms with Gasteiger partial charge < -0.3 is 4.98 Å². The van der Waals surface area contributed by atoms with Crippen molar-refractivity contribution in [1.29, 1.82) is 0 Å². The second kappa shape index (κ2) is 5.10. The minimum absolute atomic E-state index is 0.209. The minimum Gasteiger partial charge on any atom is -0.329 e. The van der Waals surface area contributed by atoms with Crippen molar-refractivity contribution < 1.29 is 0 Å². The predicted octanol–water partition coefficient (Wildman–Crippen LogP) is 3.46. The van der Waals surface area contributed by atoms with Crippen molar-refractivity contribution in [3.05, 3.63) is 51.2 Å². The Morgan fingerprint density at radius 3 is 2.56 bits per heavy atom. The zero-order valence-electron chi connectivity index (χ0n) is 9.94. The third-order valence-electron chi connectivity index (χ3n) is 2.41. The van der Waals surface area contributed by atoms with E-state index in [1.807, 2.05) is 13.8 Å². The summed E-state index contributed by atoms with van der Waals surface area (Å²) in [6.07, 6.45) is 3.23. The van der Waals surface area contributed by atoms with Gasteiger partial charge in [0.2, 0.25) is 5.56 Å². The van der Waals surface area contributed by atoms with Crippen LogP contribution in [-0.4, -0.2) is 9.97 Å². The van der Waals surface area contributed by atoms with Gasteiger partial charge in [-0.25, -0.2) is 4.98 Å². The molecule has 0 amide bonds. The molecule has 0 fully saturated rings. The van der Waals surface area contributed by atoms with Crippen LogP contribution in [0.4, 0.5) is 11.4 Å². The van der Waals surface area contributed by atoms with Crippen LogP contribution in [0.3, 0.4) is 0 Å². The zero-order chi connectivity index (χ0) is 13.1. The Labute approximate surface area is 109 Å². The molecule has 0 spiro atoms. The van der Waals surface area contributed by atoms with Gasteiger partial charge in [0.25, 0.3) is 0 Å². The Balaban J connectivity index is 2.38. The molecule has 18 heavy (non-hydrogen) atoms. The number of hydrogen-bond donors (Lipinski definition) is 1. The summed E-state index contributed by atoms with van der Waals surface area (Å²) in [6, 6.07) is 3.03. The molecule has 0 bridgehead atoms. The van der Waals surface area contributed by atoms with Crippen molar-refractivity contribution in [1.82, 2.24) is 9.97 Å². The standard InChI is InChI=1S/C12H11ClN4O/c1-7-5-14-11(13)3-9(7)16-17-10-4-12(18)15-6-8(10)2/h3-6H,1-2H3,(H,15,18). The van der Waals surface area contributed by atoms with E-state index in [2.05, 4.69) is 20.2 Å². The lowest BCUT2D eigenvalue weighted by Gasteiger charge is -1.99. The van der Waals surface area contributed by atoms with Gasteiger partial charge in [-0.2, -0.15) is 10.2 Å². The average Bonchev–Trinajstić information content (AvgIpc) is 2.34. The highest BCUT2D eigenvalue weighted by Crippen LogP contribution is 2.24. The van der Waals surface area contributed by atoms with Gasteiger partial charge in [-0.15, -0.1) is 0 Å². The summed E-state index contributed by atoms with van der Waals surface area (Å²) in [4.78, 5) is 17.7. The largest absolute Gasteiger partial charge is 0.329 e. The highest BCUT2D eigenvalue weighted by molar-refractivity contribution is 6.29.